The van der Waals surface area contributed by atoms with Crippen LogP contribution in [0.2, 0.25) is 0 Å². The summed E-state index contributed by atoms with van der Waals surface area (Å²) in [7, 11) is 0. The number of aromatic nitrogens is 3. The zero-order chi connectivity index (χ0) is 14.8. The Balaban J connectivity index is 2.08. The maximum Gasteiger partial charge on any atom is 0.160 e. The van der Waals surface area contributed by atoms with Crippen LogP contribution in [0, 0.1) is 12.7 Å². The van der Waals surface area contributed by atoms with E-state index in [9.17, 15) is 4.39 Å². The van der Waals surface area contributed by atoms with Gasteiger partial charge in [0.25, 0.3) is 0 Å². The number of aryl methyl sites for hydroxylation is 2. The first kappa shape index (κ1) is 14.0. The third-order valence-corrected chi connectivity index (χ3v) is 3.68. The number of nitrogens with zero attached hydrogens (tertiary/aromatic N) is 3. The number of pyridine rings is 1. The highest BCUT2D eigenvalue weighted by atomic mass is 35.5. The van der Waals surface area contributed by atoms with Gasteiger partial charge in [0.05, 0.1) is 6.54 Å². The minimum absolute atomic E-state index is 0.232. The van der Waals surface area contributed by atoms with Gasteiger partial charge in [-0.2, -0.15) is 0 Å². The Hall–Kier alpha value is -1.94. The van der Waals surface area contributed by atoms with Crippen molar-refractivity contribution in [3.05, 3.63) is 59.3 Å². The van der Waals surface area contributed by atoms with Gasteiger partial charge in [-0.15, -0.1) is 11.6 Å². The zero-order valence-corrected chi connectivity index (χ0v) is 12.4. The van der Waals surface area contributed by atoms with E-state index in [1.807, 2.05) is 13.0 Å². The molecule has 0 unspecified atom stereocenters. The molecule has 0 amide bonds. The Morgan fingerprint density at radius 1 is 1.19 bits per heavy atom. The summed E-state index contributed by atoms with van der Waals surface area (Å²) in [5.74, 6) is 1.18. The summed E-state index contributed by atoms with van der Waals surface area (Å²) in [4.78, 5) is 9.10. The fraction of sp³-hybridized carbons (Fsp3) is 0.250. The van der Waals surface area contributed by atoms with Crippen LogP contribution < -0.4 is 0 Å². The summed E-state index contributed by atoms with van der Waals surface area (Å²) >= 11 is 5.88. The summed E-state index contributed by atoms with van der Waals surface area (Å²) in [5.41, 5.74) is 3.85. The second-order valence-electron chi connectivity index (χ2n) is 4.98. The average molecular weight is 304 g/mol. The summed E-state index contributed by atoms with van der Waals surface area (Å²) in [5, 5.41) is 0. The van der Waals surface area contributed by atoms with Crippen LogP contribution in [0.4, 0.5) is 4.39 Å². The second kappa shape index (κ2) is 5.82. The SMILES string of the molecule is Cc1ccnc2c1nc(CCCl)n2Cc1ccc(F)cc1. The minimum Gasteiger partial charge on any atom is -0.308 e. The normalized spacial score (nSPS) is 11.2. The van der Waals surface area contributed by atoms with Crippen LogP contribution in [-0.2, 0) is 13.0 Å². The van der Waals surface area contributed by atoms with Gasteiger partial charge in [0, 0.05) is 18.5 Å². The highest BCUT2D eigenvalue weighted by Crippen LogP contribution is 2.19. The van der Waals surface area contributed by atoms with E-state index in [4.69, 9.17) is 11.6 Å². The zero-order valence-electron chi connectivity index (χ0n) is 11.7. The maximum atomic E-state index is 13.0. The lowest BCUT2D eigenvalue weighted by Crippen LogP contribution is -2.06. The number of benzene rings is 1. The van der Waals surface area contributed by atoms with Crippen molar-refractivity contribution in [2.45, 2.75) is 19.9 Å². The number of hydrogen-bond donors (Lipinski definition) is 0. The van der Waals surface area contributed by atoms with E-state index < -0.39 is 0 Å². The number of halogens is 2. The summed E-state index contributed by atoms with van der Waals surface area (Å²) in [6.07, 6.45) is 2.46. The van der Waals surface area contributed by atoms with Crippen molar-refractivity contribution in [1.82, 2.24) is 14.5 Å². The molecular formula is C16H15ClFN3. The molecule has 0 aliphatic carbocycles. The fourth-order valence-electron chi connectivity index (χ4n) is 2.40. The molecule has 0 aliphatic heterocycles. The van der Waals surface area contributed by atoms with Gasteiger partial charge < -0.3 is 4.57 Å². The van der Waals surface area contributed by atoms with Gasteiger partial charge in [-0.05, 0) is 36.2 Å². The van der Waals surface area contributed by atoms with Crippen molar-refractivity contribution in [3.63, 3.8) is 0 Å². The third-order valence-electron chi connectivity index (χ3n) is 3.49. The van der Waals surface area contributed by atoms with Gasteiger partial charge >= 0.3 is 0 Å². The van der Waals surface area contributed by atoms with Gasteiger partial charge in [-0.25, -0.2) is 14.4 Å². The largest absolute Gasteiger partial charge is 0.308 e. The molecule has 1 aromatic carbocycles. The van der Waals surface area contributed by atoms with Gasteiger partial charge in [0.2, 0.25) is 0 Å². The van der Waals surface area contributed by atoms with Crippen molar-refractivity contribution in [3.8, 4) is 0 Å². The van der Waals surface area contributed by atoms with E-state index in [0.29, 0.717) is 18.8 Å². The lowest BCUT2D eigenvalue weighted by atomic mass is 10.2. The molecular weight excluding hydrogens is 289 g/mol. The van der Waals surface area contributed by atoms with E-state index in [1.165, 1.54) is 12.1 Å². The molecule has 5 heteroatoms. The average Bonchev–Trinajstić information content (AvgIpc) is 2.82. The summed E-state index contributed by atoms with van der Waals surface area (Å²) in [6.45, 7) is 2.63. The minimum atomic E-state index is -0.232. The van der Waals surface area contributed by atoms with Crippen molar-refractivity contribution >= 4 is 22.8 Å². The van der Waals surface area contributed by atoms with Crippen molar-refractivity contribution < 1.29 is 4.39 Å². The molecule has 108 valence electrons. The third kappa shape index (κ3) is 2.76. The fourth-order valence-corrected chi connectivity index (χ4v) is 2.57. The molecule has 0 radical (unpaired) electrons. The molecule has 3 nitrogen and oxygen atoms in total. The molecule has 0 bridgehead atoms. The second-order valence-corrected chi connectivity index (χ2v) is 5.36. The summed E-state index contributed by atoms with van der Waals surface area (Å²) < 4.78 is 15.1. The van der Waals surface area contributed by atoms with Crippen molar-refractivity contribution in [2.24, 2.45) is 0 Å². The Kier molecular flexibility index (Phi) is 3.88. The molecule has 0 fully saturated rings. The van der Waals surface area contributed by atoms with Gasteiger partial charge in [0.15, 0.2) is 5.65 Å². The van der Waals surface area contributed by atoms with E-state index in [0.717, 1.165) is 28.1 Å². The molecule has 0 saturated heterocycles. The number of imidazole rings is 1. The predicted octanol–water partition coefficient (Wildman–Crippen LogP) is 3.71. The molecule has 3 aromatic rings. The first-order valence-corrected chi connectivity index (χ1v) is 7.33. The van der Waals surface area contributed by atoms with Crippen molar-refractivity contribution in [1.29, 1.82) is 0 Å². The van der Waals surface area contributed by atoms with Crippen molar-refractivity contribution in [2.75, 3.05) is 5.88 Å². The van der Waals surface area contributed by atoms with Crippen LogP contribution in [0.25, 0.3) is 11.2 Å². The highest BCUT2D eigenvalue weighted by Gasteiger charge is 2.13. The molecule has 0 atom stereocenters. The Morgan fingerprint density at radius 2 is 1.95 bits per heavy atom. The molecule has 21 heavy (non-hydrogen) atoms. The molecule has 0 spiro atoms. The van der Waals surface area contributed by atoms with Crippen LogP contribution >= 0.6 is 11.6 Å². The monoisotopic (exact) mass is 303 g/mol. The molecule has 3 rings (SSSR count). The maximum absolute atomic E-state index is 13.0. The van der Waals surface area contributed by atoms with E-state index in [2.05, 4.69) is 14.5 Å². The van der Waals surface area contributed by atoms with Crippen LogP contribution in [-0.4, -0.2) is 20.4 Å². The van der Waals surface area contributed by atoms with Gasteiger partial charge in [0.1, 0.15) is 17.2 Å². The standard InChI is InChI=1S/C16H15ClFN3/c1-11-7-9-19-16-15(11)20-14(6-8-17)21(16)10-12-2-4-13(18)5-3-12/h2-5,7,9H,6,8,10H2,1H3. The first-order chi connectivity index (χ1) is 10.2. The number of alkyl halides is 1. The smallest absolute Gasteiger partial charge is 0.160 e. The Bertz CT molecular complexity index is 765. The van der Waals surface area contributed by atoms with Gasteiger partial charge in [-0.1, -0.05) is 12.1 Å². The molecule has 0 aliphatic rings. The number of rotatable bonds is 4. The quantitative estimate of drug-likeness (QED) is 0.688. The van der Waals surface area contributed by atoms with E-state index >= 15 is 0 Å². The lowest BCUT2D eigenvalue weighted by molar-refractivity contribution is 0.626. The molecule has 2 heterocycles. The topological polar surface area (TPSA) is 30.7 Å². The van der Waals surface area contributed by atoms with Crippen LogP contribution in [0.5, 0.6) is 0 Å². The molecule has 2 aromatic heterocycles. The first-order valence-electron chi connectivity index (χ1n) is 6.80. The number of hydrogen-bond acceptors (Lipinski definition) is 2. The lowest BCUT2D eigenvalue weighted by Gasteiger charge is -2.08. The van der Waals surface area contributed by atoms with E-state index in [1.54, 1.807) is 18.3 Å². The van der Waals surface area contributed by atoms with Crippen LogP contribution in [0.15, 0.2) is 36.5 Å². The Labute approximate surface area is 127 Å². The summed E-state index contributed by atoms with van der Waals surface area (Å²) in [6, 6.07) is 8.44. The predicted molar refractivity (Wildman–Crippen MR) is 82.2 cm³/mol. The Morgan fingerprint density at radius 3 is 2.67 bits per heavy atom. The van der Waals surface area contributed by atoms with Crippen LogP contribution in [0.1, 0.15) is 17.0 Å². The van der Waals surface area contributed by atoms with E-state index in [-0.39, 0.29) is 5.82 Å². The number of fused-ring (bicyclic) bond motifs is 1. The van der Waals surface area contributed by atoms with Gasteiger partial charge in [-0.3, -0.25) is 0 Å². The van der Waals surface area contributed by atoms with Crippen LogP contribution in [0.3, 0.4) is 0 Å². The molecule has 0 N–H and O–H groups in total. The molecule has 0 saturated carbocycles. The highest BCUT2D eigenvalue weighted by molar-refractivity contribution is 6.17.